The summed E-state index contributed by atoms with van der Waals surface area (Å²) in [6.07, 6.45) is 3.25. The first-order chi connectivity index (χ1) is 10.3. The summed E-state index contributed by atoms with van der Waals surface area (Å²) in [6.45, 7) is 1.93. The number of para-hydroxylation sites is 1. The van der Waals surface area contributed by atoms with E-state index in [4.69, 9.17) is 9.47 Å². The summed E-state index contributed by atoms with van der Waals surface area (Å²) in [7, 11) is 1.64. The second-order valence-corrected chi connectivity index (χ2v) is 4.35. The van der Waals surface area contributed by atoms with Gasteiger partial charge in [-0.1, -0.05) is 12.1 Å². The molecule has 0 aliphatic carbocycles. The van der Waals surface area contributed by atoms with Crippen molar-refractivity contribution in [2.75, 3.05) is 20.3 Å². The van der Waals surface area contributed by atoms with Crippen LogP contribution in [-0.4, -0.2) is 30.2 Å². The average Bonchev–Trinajstić information content (AvgIpc) is 2.52. The molecular weight excluding hydrogens is 273 g/mol. The fourth-order valence-electron chi connectivity index (χ4n) is 1.79. The van der Waals surface area contributed by atoms with Crippen molar-refractivity contribution in [3.63, 3.8) is 0 Å². The van der Waals surface area contributed by atoms with E-state index in [2.05, 4.69) is 15.3 Å². The standard InChI is InChI=1S/C15H18FN3O2/c1-20-9-8-17-10-12-4-2-5-13(16)15(12)21-11-14-18-6-3-7-19-14/h2-7,17H,8-11H2,1H3. The fourth-order valence-corrected chi connectivity index (χ4v) is 1.79. The summed E-state index contributed by atoms with van der Waals surface area (Å²) >= 11 is 0. The van der Waals surface area contributed by atoms with Gasteiger partial charge in [-0.15, -0.1) is 0 Å². The van der Waals surface area contributed by atoms with Gasteiger partial charge in [-0.05, 0) is 12.1 Å². The van der Waals surface area contributed by atoms with Crippen molar-refractivity contribution in [2.45, 2.75) is 13.2 Å². The zero-order chi connectivity index (χ0) is 14.9. The summed E-state index contributed by atoms with van der Waals surface area (Å²) in [6, 6.07) is 6.58. The van der Waals surface area contributed by atoms with E-state index >= 15 is 0 Å². The van der Waals surface area contributed by atoms with E-state index in [-0.39, 0.29) is 12.4 Å². The predicted molar refractivity (Wildman–Crippen MR) is 76.3 cm³/mol. The highest BCUT2D eigenvalue weighted by Crippen LogP contribution is 2.23. The highest BCUT2D eigenvalue weighted by molar-refractivity contribution is 5.35. The molecule has 0 spiro atoms. The van der Waals surface area contributed by atoms with E-state index in [0.717, 1.165) is 5.56 Å². The number of aromatic nitrogens is 2. The second kappa shape index (κ2) is 8.28. The van der Waals surface area contributed by atoms with Crippen molar-refractivity contribution in [3.8, 4) is 5.75 Å². The Hall–Kier alpha value is -2.05. The molecule has 0 fully saturated rings. The number of methoxy groups -OCH3 is 1. The van der Waals surface area contributed by atoms with Gasteiger partial charge in [-0.3, -0.25) is 0 Å². The smallest absolute Gasteiger partial charge is 0.166 e. The van der Waals surface area contributed by atoms with Crippen molar-refractivity contribution >= 4 is 0 Å². The number of hydrogen-bond donors (Lipinski definition) is 1. The Bertz CT molecular complexity index is 552. The first-order valence-corrected chi connectivity index (χ1v) is 6.67. The number of halogens is 1. The van der Waals surface area contributed by atoms with E-state index in [1.807, 2.05) is 6.07 Å². The van der Waals surface area contributed by atoms with E-state index in [0.29, 0.717) is 25.5 Å². The Labute approximate surface area is 123 Å². The molecule has 1 aromatic heterocycles. The Morgan fingerprint density at radius 2 is 2.00 bits per heavy atom. The highest BCUT2D eigenvalue weighted by atomic mass is 19.1. The number of nitrogens with zero attached hydrogens (tertiary/aromatic N) is 2. The molecule has 5 nitrogen and oxygen atoms in total. The minimum absolute atomic E-state index is 0.132. The second-order valence-electron chi connectivity index (χ2n) is 4.35. The van der Waals surface area contributed by atoms with Gasteiger partial charge >= 0.3 is 0 Å². The van der Waals surface area contributed by atoms with Crippen LogP contribution in [0.25, 0.3) is 0 Å². The molecule has 112 valence electrons. The third-order valence-electron chi connectivity index (χ3n) is 2.81. The number of nitrogens with one attached hydrogen (secondary N) is 1. The average molecular weight is 291 g/mol. The van der Waals surface area contributed by atoms with Crippen LogP contribution in [0, 0.1) is 5.82 Å². The molecule has 0 amide bonds. The van der Waals surface area contributed by atoms with Crippen molar-refractivity contribution in [2.24, 2.45) is 0 Å². The first kappa shape index (κ1) is 15.3. The quantitative estimate of drug-likeness (QED) is 0.753. The van der Waals surface area contributed by atoms with Gasteiger partial charge in [0.05, 0.1) is 6.61 Å². The van der Waals surface area contributed by atoms with Crippen LogP contribution in [0.4, 0.5) is 4.39 Å². The normalized spacial score (nSPS) is 10.6. The molecule has 0 aliphatic rings. The lowest BCUT2D eigenvalue weighted by Crippen LogP contribution is -2.19. The molecular formula is C15H18FN3O2. The number of ether oxygens (including phenoxy) is 2. The molecule has 1 N–H and O–H groups in total. The lowest BCUT2D eigenvalue weighted by Gasteiger charge is -2.12. The van der Waals surface area contributed by atoms with Crippen molar-refractivity contribution < 1.29 is 13.9 Å². The Kier molecular flexibility index (Phi) is 6.05. The number of benzene rings is 1. The molecule has 1 aromatic carbocycles. The van der Waals surface area contributed by atoms with Crippen LogP contribution in [0.15, 0.2) is 36.7 Å². The van der Waals surface area contributed by atoms with Gasteiger partial charge in [0.25, 0.3) is 0 Å². The van der Waals surface area contributed by atoms with Gasteiger partial charge in [0.15, 0.2) is 17.4 Å². The molecule has 2 aromatic rings. The summed E-state index contributed by atoms with van der Waals surface area (Å²) in [4.78, 5) is 8.10. The van der Waals surface area contributed by atoms with Crippen LogP contribution in [0.3, 0.4) is 0 Å². The molecule has 0 bridgehead atoms. The largest absolute Gasteiger partial charge is 0.482 e. The monoisotopic (exact) mass is 291 g/mol. The van der Waals surface area contributed by atoms with Gasteiger partial charge in [0, 0.05) is 38.2 Å². The van der Waals surface area contributed by atoms with Crippen molar-refractivity contribution in [1.82, 2.24) is 15.3 Å². The van der Waals surface area contributed by atoms with Gasteiger partial charge in [0.1, 0.15) is 6.61 Å². The van der Waals surface area contributed by atoms with Crippen LogP contribution in [0.2, 0.25) is 0 Å². The molecule has 0 unspecified atom stereocenters. The molecule has 2 rings (SSSR count). The zero-order valence-corrected chi connectivity index (χ0v) is 11.9. The van der Waals surface area contributed by atoms with Crippen LogP contribution in [-0.2, 0) is 17.9 Å². The SMILES string of the molecule is COCCNCc1cccc(F)c1OCc1ncccn1. The van der Waals surface area contributed by atoms with E-state index in [1.54, 1.807) is 31.6 Å². The lowest BCUT2D eigenvalue weighted by molar-refractivity contribution is 0.199. The Morgan fingerprint density at radius 1 is 1.19 bits per heavy atom. The summed E-state index contributed by atoms with van der Waals surface area (Å²) in [5, 5.41) is 3.17. The maximum Gasteiger partial charge on any atom is 0.166 e. The summed E-state index contributed by atoms with van der Waals surface area (Å²) in [5.74, 6) is 0.353. The molecule has 0 atom stereocenters. The highest BCUT2D eigenvalue weighted by Gasteiger charge is 2.10. The minimum atomic E-state index is -0.392. The molecule has 21 heavy (non-hydrogen) atoms. The van der Waals surface area contributed by atoms with Crippen LogP contribution >= 0.6 is 0 Å². The summed E-state index contributed by atoms with van der Waals surface area (Å²) < 4.78 is 24.4. The Balaban J connectivity index is 2.00. The van der Waals surface area contributed by atoms with Crippen molar-refractivity contribution in [1.29, 1.82) is 0 Å². The fraction of sp³-hybridized carbons (Fsp3) is 0.333. The van der Waals surface area contributed by atoms with Gasteiger partial charge in [-0.25, -0.2) is 14.4 Å². The van der Waals surface area contributed by atoms with Gasteiger partial charge in [-0.2, -0.15) is 0 Å². The predicted octanol–water partition coefficient (Wildman–Crippen LogP) is 1.93. The molecule has 1 heterocycles. The maximum absolute atomic E-state index is 13.9. The maximum atomic E-state index is 13.9. The topological polar surface area (TPSA) is 56.3 Å². The van der Waals surface area contributed by atoms with E-state index < -0.39 is 5.82 Å². The number of rotatable bonds is 8. The van der Waals surface area contributed by atoms with E-state index in [9.17, 15) is 4.39 Å². The third-order valence-corrected chi connectivity index (χ3v) is 2.81. The van der Waals surface area contributed by atoms with Crippen LogP contribution in [0.1, 0.15) is 11.4 Å². The molecule has 0 saturated heterocycles. The first-order valence-electron chi connectivity index (χ1n) is 6.67. The lowest BCUT2D eigenvalue weighted by atomic mass is 10.2. The molecule has 6 heteroatoms. The Morgan fingerprint density at radius 3 is 2.76 bits per heavy atom. The molecule has 0 aliphatic heterocycles. The van der Waals surface area contributed by atoms with Gasteiger partial charge in [0.2, 0.25) is 0 Å². The zero-order valence-electron chi connectivity index (χ0n) is 11.9. The van der Waals surface area contributed by atoms with Crippen molar-refractivity contribution in [3.05, 3.63) is 53.9 Å². The number of hydrogen-bond acceptors (Lipinski definition) is 5. The molecule has 0 radical (unpaired) electrons. The third kappa shape index (κ3) is 4.77. The minimum Gasteiger partial charge on any atom is -0.482 e. The molecule has 0 saturated carbocycles. The summed E-state index contributed by atoms with van der Waals surface area (Å²) in [5.41, 5.74) is 0.752. The van der Waals surface area contributed by atoms with Crippen LogP contribution < -0.4 is 10.1 Å². The van der Waals surface area contributed by atoms with Crippen LogP contribution in [0.5, 0.6) is 5.75 Å². The van der Waals surface area contributed by atoms with E-state index in [1.165, 1.54) is 6.07 Å². The van der Waals surface area contributed by atoms with Gasteiger partial charge < -0.3 is 14.8 Å².